The van der Waals surface area contributed by atoms with Gasteiger partial charge < -0.3 is 5.32 Å². The summed E-state index contributed by atoms with van der Waals surface area (Å²) in [6.07, 6.45) is 0.823. The second kappa shape index (κ2) is 4.76. The van der Waals surface area contributed by atoms with Crippen molar-refractivity contribution in [1.29, 1.82) is 0 Å². The van der Waals surface area contributed by atoms with E-state index in [-0.39, 0.29) is 11.4 Å². The first-order valence-electron chi connectivity index (χ1n) is 5.59. The van der Waals surface area contributed by atoms with Crippen LogP contribution in [-0.4, -0.2) is 16.3 Å². The van der Waals surface area contributed by atoms with Crippen LogP contribution in [0.25, 0.3) is 0 Å². The Morgan fingerprint density at radius 3 is 2.76 bits per heavy atom. The molecule has 0 bridgehead atoms. The molecular formula is C11H17FN2OS2. The summed E-state index contributed by atoms with van der Waals surface area (Å²) in [5.41, 5.74) is 0.403. The van der Waals surface area contributed by atoms with Crippen molar-refractivity contribution in [3.05, 3.63) is 16.3 Å². The highest BCUT2D eigenvalue weighted by atomic mass is 32.2. The maximum Gasteiger partial charge on any atom is 0.156 e. The molecule has 96 valence electrons. The number of hydrogen-bond donors (Lipinski definition) is 2. The third-order valence-corrected chi connectivity index (χ3v) is 5.47. The van der Waals surface area contributed by atoms with Gasteiger partial charge in [-0.1, -0.05) is 0 Å². The number of nitrogens with one attached hydrogen (secondary N) is 2. The van der Waals surface area contributed by atoms with Crippen LogP contribution in [0, 0.1) is 5.82 Å². The molecule has 0 saturated carbocycles. The zero-order chi connectivity index (χ0) is 12.6. The lowest BCUT2D eigenvalue weighted by atomic mass is 10.1. The molecule has 0 radical (unpaired) electrons. The van der Waals surface area contributed by atoms with Crippen molar-refractivity contribution in [2.75, 3.05) is 6.54 Å². The average molecular weight is 276 g/mol. The normalized spacial score (nSPS) is 17.9. The van der Waals surface area contributed by atoms with Crippen molar-refractivity contribution < 1.29 is 8.60 Å². The molecule has 1 unspecified atom stereocenters. The van der Waals surface area contributed by atoms with Gasteiger partial charge in [0.25, 0.3) is 0 Å². The quantitative estimate of drug-likeness (QED) is 0.867. The van der Waals surface area contributed by atoms with E-state index >= 15 is 0 Å². The molecule has 6 heteroatoms. The Morgan fingerprint density at radius 1 is 1.47 bits per heavy atom. The average Bonchev–Trinajstić information content (AvgIpc) is 2.55. The molecule has 1 atom stereocenters. The van der Waals surface area contributed by atoms with Gasteiger partial charge >= 0.3 is 0 Å². The fraction of sp³-hybridized carbons (Fsp3) is 0.636. The molecule has 0 saturated heterocycles. The highest BCUT2D eigenvalue weighted by Crippen LogP contribution is 2.31. The van der Waals surface area contributed by atoms with Crippen molar-refractivity contribution >= 4 is 22.3 Å². The standard InChI is InChI=1S/C11H17FN2OS2/c1-11(2,3)14-17(15)10-9(12)7-6-13-5-4-8(7)16-10/h13-14H,4-6H2,1-3H3. The van der Waals surface area contributed by atoms with E-state index < -0.39 is 11.0 Å². The molecule has 17 heavy (non-hydrogen) atoms. The summed E-state index contributed by atoms with van der Waals surface area (Å²) >= 11 is 1.33. The third-order valence-electron chi connectivity index (χ3n) is 2.39. The summed E-state index contributed by atoms with van der Waals surface area (Å²) in [6, 6.07) is 0. The van der Waals surface area contributed by atoms with E-state index in [1.807, 2.05) is 20.8 Å². The summed E-state index contributed by atoms with van der Waals surface area (Å²) in [7, 11) is -1.46. The van der Waals surface area contributed by atoms with Gasteiger partial charge in [-0.05, 0) is 27.2 Å². The van der Waals surface area contributed by atoms with Crippen molar-refractivity contribution in [2.45, 2.75) is 43.5 Å². The van der Waals surface area contributed by atoms with E-state index in [0.717, 1.165) is 17.8 Å². The van der Waals surface area contributed by atoms with Crippen LogP contribution in [0.15, 0.2) is 4.21 Å². The van der Waals surface area contributed by atoms with Crippen LogP contribution in [-0.2, 0) is 24.0 Å². The van der Waals surface area contributed by atoms with E-state index in [0.29, 0.717) is 16.3 Å². The van der Waals surface area contributed by atoms with Crippen LogP contribution in [0.5, 0.6) is 0 Å². The Morgan fingerprint density at radius 2 is 2.18 bits per heavy atom. The number of hydrogen-bond acceptors (Lipinski definition) is 3. The predicted molar refractivity (Wildman–Crippen MR) is 69.0 cm³/mol. The second-order valence-corrected chi connectivity index (χ2v) is 7.67. The van der Waals surface area contributed by atoms with Gasteiger partial charge in [0.15, 0.2) is 5.82 Å². The highest BCUT2D eigenvalue weighted by Gasteiger charge is 2.25. The Bertz CT molecular complexity index is 451. The molecule has 1 aliphatic heterocycles. The molecule has 0 aliphatic carbocycles. The lowest BCUT2D eigenvalue weighted by Crippen LogP contribution is -2.37. The van der Waals surface area contributed by atoms with Gasteiger partial charge in [0, 0.05) is 29.1 Å². The number of halogens is 1. The van der Waals surface area contributed by atoms with E-state index in [4.69, 9.17) is 0 Å². The summed E-state index contributed by atoms with van der Waals surface area (Å²) in [6.45, 7) is 7.16. The summed E-state index contributed by atoms with van der Waals surface area (Å²) in [5.74, 6) is -0.299. The topological polar surface area (TPSA) is 41.1 Å². The predicted octanol–water partition coefficient (Wildman–Crippen LogP) is 1.94. The maximum absolute atomic E-state index is 14.1. The van der Waals surface area contributed by atoms with Gasteiger partial charge in [0.05, 0.1) is 0 Å². The summed E-state index contributed by atoms with van der Waals surface area (Å²) in [5, 5.41) is 3.13. The number of thiophene rings is 1. The molecule has 2 rings (SSSR count). The minimum absolute atomic E-state index is 0.292. The van der Waals surface area contributed by atoms with Gasteiger partial charge in [-0.15, -0.1) is 11.3 Å². The van der Waals surface area contributed by atoms with Crippen molar-refractivity contribution in [3.63, 3.8) is 0 Å². The molecule has 0 amide bonds. The SMILES string of the molecule is CC(C)(C)NS(=O)c1sc2c(c1F)CNCC2. The zero-order valence-electron chi connectivity index (χ0n) is 10.2. The molecular weight excluding hydrogens is 259 g/mol. The van der Waals surface area contributed by atoms with Gasteiger partial charge in [0.2, 0.25) is 0 Å². The molecule has 0 aromatic carbocycles. The van der Waals surface area contributed by atoms with E-state index in [1.54, 1.807) is 0 Å². The first kappa shape index (κ1) is 13.1. The summed E-state index contributed by atoms with van der Waals surface area (Å²) < 4.78 is 29.4. The van der Waals surface area contributed by atoms with Crippen LogP contribution in [0.2, 0.25) is 0 Å². The molecule has 0 fully saturated rings. The summed E-state index contributed by atoms with van der Waals surface area (Å²) in [4.78, 5) is 1.03. The lowest BCUT2D eigenvalue weighted by molar-refractivity contribution is 0.516. The van der Waals surface area contributed by atoms with Gasteiger partial charge in [-0.3, -0.25) is 0 Å². The van der Waals surface area contributed by atoms with E-state index in [2.05, 4.69) is 10.0 Å². The van der Waals surface area contributed by atoms with Gasteiger partial charge in [-0.25, -0.2) is 13.3 Å². The Kier molecular flexibility index (Phi) is 3.68. The molecule has 3 nitrogen and oxygen atoms in total. The fourth-order valence-corrected chi connectivity index (χ4v) is 4.29. The van der Waals surface area contributed by atoms with Gasteiger partial charge in [0.1, 0.15) is 15.2 Å². The van der Waals surface area contributed by atoms with Crippen molar-refractivity contribution in [1.82, 2.24) is 10.0 Å². The minimum atomic E-state index is -1.46. The van der Waals surface area contributed by atoms with Crippen LogP contribution in [0.1, 0.15) is 31.2 Å². The fourth-order valence-electron chi connectivity index (χ4n) is 1.70. The second-order valence-electron chi connectivity index (χ2n) is 5.15. The monoisotopic (exact) mass is 276 g/mol. The van der Waals surface area contributed by atoms with Crippen LogP contribution in [0.4, 0.5) is 4.39 Å². The van der Waals surface area contributed by atoms with Crippen molar-refractivity contribution in [3.8, 4) is 0 Å². The molecule has 1 aliphatic rings. The van der Waals surface area contributed by atoms with E-state index in [9.17, 15) is 8.60 Å². The smallest absolute Gasteiger partial charge is 0.156 e. The third kappa shape index (κ3) is 2.93. The minimum Gasteiger partial charge on any atom is -0.312 e. The molecule has 2 heterocycles. The zero-order valence-corrected chi connectivity index (χ0v) is 11.9. The first-order valence-corrected chi connectivity index (χ1v) is 7.55. The Hall–Kier alpha value is -0.300. The largest absolute Gasteiger partial charge is 0.312 e. The van der Waals surface area contributed by atoms with Crippen LogP contribution < -0.4 is 10.0 Å². The van der Waals surface area contributed by atoms with Crippen LogP contribution >= 0.6 is 11.3 Å². The van der Waals surface area contributed by atoms with Gasteiger partial charge in [-0.2, -0.15) is 0 Å². The molecule has 2 N–H and O–H groups in total. The number of fused-ring (bicyclic) bond motifs is 1. The molecule has 1 aromatic rings. The first-order chi connectivity index (χ1) is 7.88. The number of rotatable bonds is 2. The highest BCUT2D eigenvalue weighted by molar-refractivity contribution is 7.85. The molecule has 1 aromatic heterocycles. The van der Waals surface area contributed by atoms with E-state index in [1.165, 1.54) is 11.3 Å². The lowest BCUT2D eigenvalue weighted by Gasteiger charge is -2.18. The Labute approximate surface area is 107 Å². The van der Waals surface area contributed by atoms with Crippen molar-refractivity contribution in [2.24, 2.45) is 0 Å². The van der Waals surface area contributed by atoms with Crippen LogP contribution in [0.3, 0.4) is 0 Å². The maximum atomic E-state index is 14.1. The molecule has 0 spiro atoms. The Balaban J connectivity index is 2.27.